The lowest BCUT2D eigenvalue weighted by Gasteiger charge is -2.21. The van der Waals surface area contributed by atoms with Gasteiger partial charge in [0.25, 0.3) is 0 Å². The van der Waals surface area contributed by atoms with Crippen LogP contribution in [0.3, 0.4) is 0 Å². The van der Waals surface area contributed by atoms with E-state index >= 15 is 0 Å². The minimum Gasteiger partial charge on any atom is -0.462 e. The molecule has 0 saturated heterocycles. The van der Waals surface area contributed by atoms with E-state index < -0.39 is 57.8 Å². The van der Waals surface area contributed by atoms with Crippen molar-refractivity contribution < 1.29 is 52.2 Å². The molecule has 11 nitrogen and oxygen atoms in total. The topological polar surface area (TPSA) is 155 Å². The second kappa shape index (κ2) is 65.4. The lowest BCUT2D eigenvalue weighted by atomic mass is 10.0. The van der Waals surface area contributed by atoms with Crippen LogP contribution in [0.5, 0.6) is 0 Å². The van der Waals surface area contributed by atoms with Crippen LogP contribution in [0.4, 0.5) is 0 Å². The highest BCUT2D eigenvalue weighted by Crippen LogP contribution is 2.43. The third-order valence-corrected chi connectivity index (χ3v) is 15.4. The van der Waals surface area contributed by atoms with Crippen molar-refractivity contribution in [2.45, 2.75) is 315 Å². The summed E-state index contributed by atoms with van der Waals surface area (Å²) in [4.78, 5) is 48.9. The monoisotopic (exact) mass is 1200 g/mol. The van der Waals surface area contributed by atoms with Crippen LogP contribution in [-0.4, -0.2) is 66.5 Å². The van der Waals surface area contributed by atoms with E-state index in [-0.39, 0.29) is 25.9 Å². The molecule has 84 heavy (non-hydrogen) atoms. The Kier molecular flexibility index (Phi) is 62.6. The number of phosphoric ester groups is 1. The van der Waals surface area contributed by atoms with Crippen molar-refractivity contribution in [3.05, 3.63) is 97.2 Å². The number of carbonyl (C=O) groups excluding carboxylic acids is 3. The maximum Gasteiger partial charge on any atom is 0.472 e. The number of rotatable bonds is 63. The largest absolute Gasteiger partial charge is 0.472 e. The van der Waals surface area contributed by atoms with Crippen molar-refractivity contribution in [1.29, 1.82) is 0 Å². The maximum absolute atomic E-state index is 13.0. The number of aliphatic hydroxyl groups is 1. The van der Waals surface area contributed by atoms with Gasteiger partial charge in [-0.15, -0.1) is 0 Å². The van der Waals surface area contributed by atoms with Gasteiger partial charge in [-0.1, -0.05) is 279 Å². The van der Waals surface area contributed by atoms with Crippen LogP contribution in [0, 0.1) is 0 Å². The van der Waals surface area contributed by atoms with Gasteiger partial charge in [0, 0.05) is 19.3 Å². The first-order chi connectivity index (χ1) is 41.2. The first-order valence-electron chi connectivity index (χ1n) is 34.1. The Morgan fingerprint density at radius 3 is 0.988 bits per heavy atom. The molecule has 0 aliphatic carbocycles. The fraction of sp³-hybridized carbons (Fsp3) is 0.736. The van der Waals surface area contributed by atoms with Crippen LogP contribution in [-0.2, 0) is 42.2 Å². The van der Waals surface area contributed by atoms with Crippen molar-refractivity contribution in [3.63, 3.8) is 0 Å². The normalized spacial score (nSPS) is 13.8. The molecule has 484 valence electrons. The number of hydrogen-bond donors (Lipinski definition) is 2. The van der Waals surface area contributed by atoms with Gasteiger partial charge in [0.2, 0.25) is 0 Å². The maximum atomic E-state index is 13.0. The van der Waals surface area contributed by atoms with Gasteiger partial charge >= 0.3 is 25.7 Å². The first-order valence-corrected chi connectivity index (χ1v) is 35.6. The van der Waals surface area contributed by atoms with Crippen LogP contribution in [0.1, 0.15) is 303 Å². The van der Waals surface area contributed by atoms with Gasteiger partial charge in [-0.2, -0.15) is 0 Å². The summed E-state index contributed by atoms with van der Waals surface area (Å²) in [5.41, 5.74) is 0. The van der Waals surface area contributed by atoms with E-state index in [1.165, 1.54) is 122 Å². The third kappa shape index (κ3) is 62.9. The molecule has 12 heteroatoms. The molecule has 0 aromatic heterocycles. The van der Waals surface area contributed by atoms with Crippen LogP contribution < -0.4 is 0 Å². The Bertz CT molecular complexity index is 1780. The molecule has 0 bridgehead atoms. The lowest BCUT2D eigenvalue weighted by Crippen LogP contribution is -2.30. The molecular formula is C72H125O11P. The van der Waals surface area contributed by atoms with Crippen molar-refractivity contribution in [3.8, 4) is 0 Å². The molecule has 3 atom stereocenters. The van der Waals surface area contributed by atoms with E-state index in [0.29, 0.717) is 19.3 Å². The third-order valence-electron chi connectivity index (χ3n) is 14.5. The average molecular weight is 1200 g/mol. The zero-order valence-electron chi connectivity index (χ0n) is 53.8. The molecule has 2 N–H and O–H groups in total. The zero-order valence-corrected chi connectivity index (χ0v) is 54.7. The van der Waals surface area contributed by atoms with Gasteiger partial charge < -0.3 is 24.2 Å². The average Bonchev–Trinajstić information content (AvgIpc) is 3.55. The van der Waals surface area contributed by atoms with E-state index in [9.17, 15) is 28.9 Å². The molecule has 0 aliphatic rings. The van der Waals surface area contributed by atoms with Crippen LogP contribution in [0.2, 0.25) is 0 Å². The number of ether oxygens (including phenoxy) is 3. The second-order valence-electron chi connectivity index (χ2n) is 22.6. The zero-order chi connectivity index (χ0) is 61.2. The van der Waals surface area contributed by atoms with Crippen LogP contribution in [0.15, 0.2) is 97.2 Å². The minimum absolute atomic E-state index is 0.142. The lowest BCUT2D eigenvalue weighted by molar-refractivity contribution is -0.161. The molecule has 0 amide bonds. The fourth-order valence-corrected chi connectivity index (χ4v) is 10.1. The Morgan fingerprint density at radius 1 is 0.345 bits per heavy atom. The number of aliphatic hydroxyl groups excluding tert-OH is 1. The van der Waals surface area contributed by atoms with Crippen molar-refractivity contribution in [1.82, 2.24) is 0 Å². The summed E-state index contributed by atoms with van der Waals surface area (Å²) in [6, 6.07) is 0. The Balaban J connectivity index is 4.74. The van der Waals surface area contributed by atoms with Gasteiger partial charge in [-0.05, 0) is 103 Å². The van der Waals surface area contributed by atoms with Gasteiger partial charge in [-0.25, -0.2) is 4.57 Å². The van der Waals surface area contributed by atoms with E-state index in [0.717, 1.165) is 122 Å². The predicted molar refractivity (Wildman–Crippen MR) is 353 cm³/mol. The fourth-order valence-electron chi connectivity index (χ4n) is 9.33. The molecule has 0 aromatic carbocycles. The molecule has 0 radical (unpaired) electrons. The predicted octanol–water partition coefficient (Wildman–Crippen LogP) is 21.2. The van der Waals surface area contributed by atoms with Crippen LogP contribution >= 0.6 is 7.82 Å². The van der Waals surface area contributed by atoms with E-state index in [2.05, 4.69) is 118 Å². The number of carbonyl (C=O) groups is 3. The smallest absolute Gasteiger partial charge is 0.462 e. The van der Waals surface area contributed by atoms with Gasteiger partial charge in [0.05, 0.1) is 19.8 Å². The molecule has 0 aromatic rings. The van der Waals surface area contributed by atoms with Gasteiger partial charge in [0.15, 0.2) is 6.10 Å². The van der Waals surface area contributed by atoms with Crippen molar-refractivity contribution in [2.75, 3.05) is 26.4 Å². The van der Waals surface area contributed by atoms with E-state index in [4.69, 9.17) is 23.3 Å². The molecule has 0 rings (SSSR count). The molecule has 0 spiro atoms. The summed E-state index contributed by atoms with van der Waals surface area (Å²) >= 11 is 0. The Hall–Kier alpha value is -3.60. The Morgan fingerprint density at radius 2 is 0.619 bits per heavy atom. The van der Waals surface area contributed by atoms with E-state index in [1.54, 1.807) is 0 Å². The van der Waals surface area contributed by atoms with Crippen LogP contribution in [0.25, 0.3) is 0 Å². The number of phosphoric acid groups is 1. The SMILES string of the molecule is CC/C=C\C/C=C\C/C=C\C/C=C\C/C=C\CCCCCC(=O)OCC(COP(=O)(O)OCC(CO)OC(=O)CCCCCCCCCCCCCCCCCCCCC)OC(=O)CCCCCCCC/C=C\C/C=C\C/C=C\CCCCC. The molecule has 0 heterocycles. The Labute approximate surface area is 514 Å². The summed E-state index contributed by atoms with van der Waals surface area (Å²) in [5, 5.41) is 9.88. The first kappa shape index (κ1) is 80.4. The quantitative estimate of drug-likeness (QED) is 0.0197. The van der Waals surface area contributed by atoms with Gasteiger partial charge in [0.1, 0.15) is 12.7 Å². The van der Waals surface area contributed by atoms with Crippen molar-refractivity contribution >= 4 is 25.7 Å². The summed E-state index contributed by atoms with van der Waals surface area (Å²) < 4.78 is 39.7. The number of allylic oxidation sites excluding steroid dienone is 16. The molecule has 0 fully saturated rings. The summed E-state index contributed by atoms with van der Waals surface area (Å²) in [6.07, 6.45) is 79.3. The number of unbranched alkanes of at least 4 members (excludes halogenated alkanes) is 30. The summed E-state index contributed by atoms with van der Waals surface area (Å²) in [5.74, 6) is -1.51. The van der Waals surface area contributed by atoms with E-state index in [1.807, 2.05) is 0 Å². The second-order valence-corrected chi connectivity index (χ2v) is 24.1. The standard InChI is InChI=1S/C72H125O11P/c1-4-7-10-13-16-19-22-25-28-31-34-37-40-43-46-49-52-55-58-61-70(74)79-65-69(83-72(76)63-60-57-54-51-48-45-42-39-36-33-30-27-24-21-18-15-12-9-6-3)67-81-84(77,78)80-66-68(64-73)82-71(75)62-59-56-53-50-47-44-41-38-35-32-29-26-23-20-17-14-11-8-5-2/h7,10,16,18-19,21,25,27-28,30,34,36-37,39,43,46,68-69,73H,4-6,8-9,11-15,17,20,22-24,26,29,31-33,35,38,40-42,44-45,47-67H2,1-3H3,(H,77,78)/b10-7-,19-16-,21-18-,28-25-,30-27-,37-34-,39-36-,46-43-. The molecular weight excluding hydrogens is 1070 g/mol. The highest BCUT2D eigenvalue weighted by molar-refractivity contribution is 7.47. The molecule has 3 unspecified atom stereocenters. The summed E-state index contributed by atoms with van der Waals surface area (Å²) in [6.45, 7) is 4.50. The number of esters is 3. The highest BCUT2D eigenvalue weighted by atomic mass is 31.2. The van der Waals surface area contributed by atoms with Crippen molar-refractivity contribution in [2.24, 2.45) is 0 Å². The minimum atomic E-state index is -4.77. The molecule has 0 aliphatic heterocycles. The highest BCUT2D eigenvalue weighted by Gasteiger charge is 2.28. The molecule has 0 saturated carbocycles. The van der Waals surface area contributed by atoms with Gasteiger partial charge in [-0.3, -0.25) is 23.4 Å². The summed E-state index contributed by atoms with van der Waals surface area (Å²) in [7, 11) is -4.77. The number of hydrogen-bond acceptors (Lipinski definition) is 10.